The molecule has 0 aromatic heterocycles. The van der Waals surface area contributed by atoms with Gasteiger partial charge in [-0.15, -0.1) is 0 Å². The predicted octanol–water partition coefficient (Wildman–Crippen LogP) is 3.87. The molecule has 12 heavy (non-hydrogen) atoms. The van der Waals surface area contributed by atoms with Gasteiger partial charge in [-0.05, 0) is 39.0 Å². The standard InChI is InChI=1S/C10H23OP/c1-9(2,3)8-12(7)11-10(4,5)6/h8H2,1-7H3. The second-order valence-corrected chi connectivity index (χ2v) is 7.30. The van der Waals surface area contributed by atoms with E-state index in [1.807, 2.05) is 0 Å². The van der Waals surface area contributed by atoms with Crippen molar-refractivity contribution >= 4 is 8.15 Å². The molecule has 0 bridgehead atoms. The summed E-state index contributed by atoms with van der Waals surface area (Å²) in [4.78, 5) is 0. The minimum Gasteiger partial charge on any atom is -0.354 e. The molecule has 0 N–H and O–H groups in total. The minimum absolute atomic E-state index is 0.0195. The molecule has 74 valence electrons. The van der Waals surface area contributed by atoms with Gasteiger partial charge in [0.25, 0.3) is 0 Å². The van der Waals surface area contributed by atoms with Crippen LogP contribution in [0, 0.1) is 5.41 Å². The zero-order valence-corrected chi connectivity index (χ0v) is 10.5. The molecular formula is C10H23OP. The van der Waals surface area contributed by atoms with Crippen LogP contribution in [0.1, 0.15) is 41.5 Å². The van der Waals surface area contributed by atoms with Crippen LogP contribution in [0.2, 0.25) is 0 Å². The normalized spacial score (nSPS) is 16.2. The van der Waals surface area contributed by atoms with Gasteiger partial charge in [-0.3, -0.25) is 0 Å². The summed E-state index contributed by atoms with van der Waals surface area (Å²) >= 11 is 0. The lowest BCUT2D eigenvalue weighted by Crippen LogP contribution is -2.19. The molecule has 0 amide bonds. The van der Waals surface area contributed by atoms with Crippen molar-refractivity contribution in [2.45, 2.75) is 47.1 Å². The fourth-order valence-electron chi connectivity index (χ4n) is 1.17. The molecule has 0 aromatic carbocycles. The van der Waals surface area contributed by atoms with Crippen molar-refractivity contribution in [3.63, 3.8) is 0 Å². The lowest BCUT2D eigenvalue weighted by Gasteiger charge is -2.29. The molecule has 2 heteroatoms. The van der Waals surface area contributed by atoms with E-state index in [0.717, 1.165) is 0 Å². The van der Waals surface area contributed by atoms with Gasteiger partial charge in [-0.2, -0.15) is 0 Å². The maximum Gasteiger partial charge on any atom is 0.0640 e. The first-order valence-electron chi connectivity index (χ1n) is 4.50. The van der Waals surface area contributed by atoms with Gasteiger partial charge in [0.1, 0.15) is 0 Å². The molecule has 0 saturated carbocycles. The van der Waals surface area contributed by atoms with Crippen LogP contribution in [0.15, 0.2) is 0 Å². The average molecular weight is 190 g/mol. The second-order valence-electron chi connectivity index (χ2n) is 5.55. The average Bonchev–Trinajstić information content (AvgIpc) is 1.49. The molecule has 0 aliphatic carbocycles. The summed E-state index contributed by atoms with van der Waals surface area (Å²) in [7, 11) is -0.257. The Balaban J connectivity index is 3.83. The van der Waals surface area contributed by atoms with Crippen molar-refractivity contribution in [1.82, 2.24) is 0 Å². The zero-order valence-electron chi connectivity index (χ0n) is 9.56. The summed E-state index contributed by atoms with van der Waals surface area (Å²) in [6, 6.07) is 0. The van der Waals surface area contributed by atoms with Crippen LogP contribution in [0.25, 0.3) is 0 Å². The van der Waals surface area contributed by atoms with Gasteiger partial charge in [0.05, 0.1) is 5.60 Å². The van der Waals surface area contributed by atoms with E-state index in [9.17, 15) is 0 Å². The van der Waals surface area contributed by atoms with E-state index in [-0.39, 0.29) is 13.7 Å². The molecule has 0 aliphatic heterocycles. The van der Waals surface area contributed by atoms with Crippen LogP contribution in [0.4, 0.5) is 0 Å². The van der Waals surface area contributed by atoms with Gasteiger partial charge < -0.3 is 4.52 Å². The molecule has 0 fully saturated rings. The first kappa shape index (κ1) is 12.4. The molecular weight excluding hydrogens is 167 g/mol. The third kappa shape index (κ3) is 8.49. The topological polar surface area (TPSA) is 9.23 Å². The van der Waals surface area contributed by atoms with Gasteiger partial charge >= 0.3 is 0 Å². The van der Waals surface area contributed by atoms with Crippen LogP contribution in [0.5, 0.6) is 0 Å². The fourth-order valence-corrected chi connectivity index (χ4v) is 3.50. The van der Waals surface area contributed by atoms with Gasteiger partial charge in [0, 0.05) is 8.15 Å². The summed E-state index contributed by atoms with van der Waals surface area (Å²) in [5.74, 6) is 0. The van der Waals surface area contributed by atoms with Crippen molar-refractivity contribution in [1.29, 1.82) is 0 Å². The largest absolute Gasteiger partial charge is 0.354 e. The Morgan fingerprint density at radius 2 is 1.42 bits per heavy atom. The van der Waals surface area contributed by atoms with Gasteiger partial charge in [0.15, 0.2) is 0 Å². The molecule has 0 heterocycles. The third-order valence-corrected chi connectivity index (χ3v) is 3.38. The van der Waals surface area contributed by atoms with E-state index in [4.69, 9.17) is 4.52 Å². The van der Waals surface area contributed by atoms with Crippen molar-refractivity contribution in [2.24, 2.45) is 5.41 Å². The third-order valence-electron chi connectivity index (χ3n) is 1.13. The predicted molar refractivity (Wildman–Crippen MR) is 58.0 cm³/mol. The summed E-state index contributed by atoms with van der Waals surface area (Å²) in [5.41, 5.74) is 0.414. The van der Waals surface area contributed by atoms with E-state index >= 15 is 0 Å². The Labute approximate surface area is 78.7 Å². The summed E-state index contributed by atoms with van der Waals surface area (Å²) in [5, 5.41) is 0. The van der Waals surface area contributed by atoms with Crippen LogP contribution < -0.4 is 0 Å². The van der Waals surface area contributed by atoms with Crippen molar-refractivity contribution in [3.05, 3.63) is 0 Å². The number of hydrogen-bond donors (Lipinski definition) is 0. The van der Waals surface area contributed by atoms with E-state index in [0.29, 0.717) is 5.41 Å². The highest BCUT2D eigenvalue weighted by Crippen LogP contribution is 2.42. The van der Waals surface area contributed by atoms with Crippen LogP contribution in [0.3, 0.4) is 0 Å². The van der Waals surface area contributed by atoms with Crippen molar-refractivity contribution < 1.29 is 4.52 Å². The Morgan fingerprint density at radius 3 is 1.67 bits per heavy atom. The van der Waals surface area contributed by atoms with E-state index in [2.05, 4.69) is 48.2 Å². The number of rotatable bonds is 2. The quantitative estimate of drug-likeness (QED) is 0.600. The fraction of sp³-hybridized carbons (Fsp3) is 1.00. The Bertz CT molecular complexity index is 114. The van der Waals surface area contributed by atoms with E-state index in [1.165, 1.54) is 6.16 Å². The monoisotopic (exact) mass is 190 g/mol. The van der Waals surface area contributed by atoms with Crippen LogP contribution in [-0.2, 0) is 4.52 Å². The molecule has 0 aromatic rings. The molecule has 0 radical (unpaired) electrons. The molecule has 0 saturated heterocycles. The Morgan fingerprint density at radius 1 is 1.00 bits per heavy atom. The zero-order chi connectivity index (χ0) is 9.99. The SMILES string of the molecule is CP(CC(C)(C)C)OC(C)(C)C. The highest BCUT2D eigenvalue weighted by atomic mass is 31.1. The maximum atomic E-state index is 5.88. The lowest BCUT2D eigenvalue weighted by molar-refractivity contribution is 0.149. The smallest absolute Gasteiger partial charge is 0.0640 e. The van der Waals surface area contributed by atoms with Crippen LogP contribution in [-0.4, -0.2) is 18.4 Å². The molecule has 1 nitrogen and oxygen atoms in total. The van der Waals surface area contributed by atoms with Gasteiger partial charge in [-0.1, -0.05) is 20.8 Å². The highest BCUT2D eigenvalue weighted by Gasteiger charge is 2.20. The first-order chi connectivity index (χ1) is 5.10. The Kier molecular flexibility index (Phi) is 4.20. The maximum absolute atomic E-state index is 5.88. The molecule has 0 spiro atoms. The molecule has 0 rings (SSSR count). The summed E-state index contributed by atoms with van der Waals surface area (Å²) in [6.07, 6.45) is 1.18. The van der Waals surface area contributed by atoms with Crippen LogP contribution >= 0.6 is 8.15 Å². The Hall–Kier alpha value is 0.390. The summed E-state index contributed by atoms with van der Waals surface area (Å²) in [6.45, 7) is 15.4. The van der Waals surface area contributed by atoms with E-state index in [1.54, 1.807) is 0 Å². The minimum atomic E-state index is -0.257. The lowest BCUT2D eigenvalue weighted by atomic mass is 10.0. The second kappa shape index (κ2) is 4.07. The first-order valence-corrected chi connectivity index (χ1v) is 6.40. The van der Waals surface area contributed by atoms with E-state index < -0.39 is 0 Å². The molecule has 0 aliphatic rings. The van der Waals surface area contributed by atoms with Crippen molar-refractivity contribution in [2.75, 3.05) is 12.8 Å². The molecule has 1 atom stereocenters. The van der Waals surface area contributed by atoms with Gasteiger partial charge in [0.2, 0.25) is 0 Å². The van der Waals surface area contributed by atoms with Gasteiger partial charge in [-0.25, -0.2) is 0 Å². The highest BCUT2D eigenvalue weighted by molar-refractivity contribution is 7.51. The number of hydrogen-bond acceptors (Lipinski definition) is 1. The summed E-state index contributed by atoms with van der Waals surface area (Å²) < 4.78 is 5.88. The molecule has 1 unspecified atom stereocenters. The van der Waals surface area contributed by atoms with Crippen molar-refractivity contribution in [3.8, 4) is 0 Å².